The van der Waals surface area contributed by atoms with Gasteiger partial charge in [-0.25, -0.2) is 4.39 Å². The number of pyridine rings is 1. The number of hydrogen-bond acceptors (Lipinski definition) is 3. The molecule has 4 nitrogen and oxygen atoms in total. The van der Waals surface area contributed by atoms with Gasteiger partial charge in [0, 0.05) is 24.1 Å². The highest BCUT2D eigenvalue weighted by Gasteiger charge is 2.09. The van der Waals surface area contributed by atoms with E-state index in [0.717, 1.165) is 12.2 Å². The van der Waals surface area contributed by atoms with E-state index in [9.17, 15) is 9.18 Å². The van der Waals surface area contributed by atoms with E-state index >= 15 is 0 Å². The first-order chi connectivity index (χ1) is 9.60. The van der Waals surface area contributed by atoms with Gasteiger partial charge in [0.2, 0.25) is 0 Å². The normalized spacial score (nSPS) is 10.2. The van der Waals surface area contributed by atoms with Crippen LogP contribution in [0.4, 0.5) is 15.8 Å². The van der Waals surface area contributed by atoms with Crippen LogP contribution in [0.15, 0.2) is 36.5 Å². The van der Waals surface area contributed by atoms with Crippen LogP contribution in [-0.4, -0.2) is 17.4 Å². The van der Waals surface area contributed by atoms with Crippen molar-refractivity contribution < 1.29 is 9.18 Å². The third-order valence-corrected chi connectivity index (χ3v) is 2.84. The number of rotatable bonds is 4. The molecule has 0 spiro atoms. The van der Waals surface area contributed by atoms with Crippen molar-refractivity contribution in [3.63, 3.8) is 0 Å². The van der Waals surface area contributed by atoms with E-state index in [-0.39, 0.29) is 16.6 Å². The smallest absolute Gasteiger partial charge is 0.274 e. The fourth-order valence-electron chi connectivity index (χ4n) is 1.64. The summed E-state index contributed by atoms with van der Waals surface area (Å²) in [5.41, 5.74) is 1.49. The highest BCUT2D eigenvalue weighted by Crippen LogP contribution is 2.20. The Morgan fingerprint density at radius 1 is 1.30 bits per heavy atom. The Balaban J connectivity index is 2.15. The number of amides is 1. The third-order valence-electron chi connectivity index (χ3n) is 2.55. The van der Waals surface area contributed by atoms with Gasteiger partial charge in [-0.15, -0.1) is 0 Å². The summed E-state index contributed by atoms with van der Waals surface area (Å²) >= 11 is 5.66. The predicted octanol–water partition coefficient (Wildman–Crippen LogP) is 3.56. The number of benzene rings is 1. The molecule has 0 aliphatic rings. The van der Waals surface area contributed by atoms with E-state index in [1.54, 1.807) is 18.3 Å². The molecule has 1 aromatic carbocycles. The summed E-state index contributed by atoms with van der Waals surface area (Å²) < 4.78 is 13.0. The molecule has 0 saturated heterocycles. The molecule has 6 heteroatoms. The minimum Gasteiger partial charge on any atom is -0.385 e. The molecule has 1 amide bonds. The number of anilines is 2. The Hall–Kier alpha value is -2.14. The average molecular weight is 294 g/mol. The summed E-state index contributed by atoms with van der Waals surface area (Å²) in [5, 5.41) is 5.66. The molecular weight excluding hydrogens is 281 g/mol. The fraction of sp³-hybridized carbons (Fsp3) is 0.143. The van der Waals surface area contributed by atoms with Crippen LogP contribution >= 0.6 is 11.6 Å². The molecule has 0 bridgehead atoms. The Morgan fingerprint density at radius 2 is 2.10 bits per heavy atom. The number of nitrogens with zero attached hydrogens (tertiary/aromatic N) is 1. The summed E-state index contributed by atoms with van der Waals surface area (Å²) in [6.45, 7) is 2.71. The Labute approximate surface area is 121 Å². The van der Waals surface area contributed by atoms with Crippen molar-refractivity contribution in [1.82, 2.24) is 4.98 Å². The molecule has 1 heterocycles. The first-order valence-corrected chi connectivity index (χ1v) is 6.44. The van der Waals surface area contributed by atoms with Gasteiger partial charge in [-0.3, -0.25) is 9.78 Å². The molecule has 2 aromatic rings. The highest BCUT2D eigenvalue weighted by molar-refractivity contribution is 6.31. The lowest BCUT2D eigenvalue weighted by atomic mass is 10.2. The van der Waals surface area contributed by atoms with E-state index in [4.69, 9.17) is 11.6 Å². The number of halogens is 2. The zero-order chi connectivity index (χ0) is 14.5. The Bertz CT molecular complexity index is 634. The molecule has 0 unspecified atom stereocenters. The lowest BCUT2D eigenvalue weighted by molar-refractivity contribution is 0.102. The van der Waals surface area contributed by atoms with Crippen LogP contribution in [0.2, 0.25) is 5.02 Å². The van der Waals surface area contributed by atoms with Gasteiger partial charge >= 0.3 is 0 Å². The van der Waals surface area contributed by atoms with Gasteiger partial charge in [-0.05, 0) is 37.3 Å². The molecule has 0 aliphatic heterocycles. The number of aromatic nitrogens is 1. The van der Waals surface area contributed by atoms with Gasteiger partial charge in [-0.2, -0.15) is 0 Å². The fourth-order valence-corrected chi connectivity index (χ4v) is 1.82. The minimum absolute atomic E-state index is 0.0443. The van der Waals surface area contributed by atoms with Crippen molar-refractivity contribution in [3.8, 4) is 0 Å². The van der Waals surface area contributed by atoms with Crippen molar-refractivity contribution in [2.24, 2.45) is 0 Å². The number of hydrogen-bond donors (Lipinski definition) is 2. The van der Waals surface area contributed by atoms with Crippen molar-refractivity contribution in [2.45, 2.75) is 6.92 Å². The van der Waals surface area contributed by atoms with E-state index in [2.05, 4.69) is 15.6 Å². The van der Waals surface area contributed by atoms with Crippen LogP contribution in [0.5, 0.6) is 0 Å². The Morgan fingerprint density at radius 3 is 2.80 bits per heavy atom. The van der Waals surface area contributed by atoms with Gasteiger partial charge in [0.15, 0.2) is 0 Å². The number of nitrogens with one attached hydrogen (secondary N) is 2. The molecule has 20 heavy (non-hydrogen) atoms. The van der Waals surface area contributed by atoms with E-state index < -0.39 is 5.82 Å². The summed E-state index contributed by atoms with van der Waals surface area (Å²) in [4.78, 5) is 16.0. The molecule has 0 saturated carbocycles. The van der Waals surface area contributed by atoms with Crippen molar-refractivity contribution in [2.75, 3.05) is 17.2 Å². The zero-order valence-corrected chi connectivity index (χ0v) is 11.5. The van der Waals surface area contributed by atoms with E-state index in [1.165, 1.54) is 18.2 Å². The highest BCUT2D eigenvalue weighted by atomic mass is 35.5. The van der Waals surface area contributed by atoms with Gasteiger partial charge in [0.25, 0.3) is 5.91 Å². The quantitative estimate of drug-likeness (QED) is 0.906. The van der Waals surface area contributed by atoms with E-state index in [1.807, 2.05) is 6.92 Å². The number of carbonyl (C=O) groups is 1. The predicted molar refractivity (Wildman–Crippen MR) is 77.8 cm³/mol. The van der Waals surface area contributed by atoms with Crippen molar-refractivity contribution >= 4 is 28.9 Å². The summed E-state index contributed by atoms with van der Waals surface area (Å²) in [5.74, 6) is -0.913. The second-order valence-electron chi connectivity index (χ2n) is 4.04. The maximum absolute atomic E-state index is 13.0. The second kappa shape index (κ2) is 6.34. The average Bonchev–Trinajstić information content (AvgIpc) is 2.43. The van der Waals surface area contributed by atoms with Gasteiger partial charge in [0.05, 0.1) is 5.02 Å². The Kier molecular flexibility index (Phi) is 4.53. The molecule has 0 fully saturated rings. The molecule has 104 valence electrons. The molecule has 2 rings (SSSR count). The van der Waals surface area contributed by atoms with E-state index in [0.29, 0.717) is 5.69 Å². The first-order valence-electron chi connectivity index (χ1n) is 6.06. The maximum Gasteiger partial charge on any atom is 0.274 e. The summed E-state index contributed by atoms with van der Waals surface area (Å²) in [7, 11) is 0. The summed E-state index contributed by atoms with van der Waals surface area (Å²) in [6, 6.07) is 7.40. The van der Waals surface area contributed by atoms with Gasteiger partial charge < -0.3 is 10.6 Å². The van der Waals surface area contributed by atoms with Crippen molar-refractivity contribution in [3.05, 3.63) is 53.1 Å². The van der Waals surface area contributed by atoms with Gasteiger partial charge in [-0.1, -0.05) is 11.6 Å². The standard InChI is InChI=1S/C14H13ClFN3O/c1-2-17-9-5-6-18-13(8-9)14(20)19-10-3-4-12(16)11(15)7-10/h3-8H,2H2,1H3,(H,17,18)(H,19,20). The SMILES string of the molecule is CCNc1ccnc(C(=O)Nc2ccc(F)c(Cl)c2)c1. The lowest BCUT2D eigenvalue weighted by Gasteiger charge is -2.07. The molecule has 0 radical (unpaired) electrons. The first kappa shape index (κ1) is 14.3. The molecule has 2 N–H and O–H groups in total. The molecular formula is C14H13ClFN3O. The minimum atomic E-state index is -0.531. The molecule has 1 aromatic heterocycles. The monoisotopic (exact) mass is 293 g/mol. The van der Waals surface area contributed by atoms with Crippen molar-refractivity contribution in [1.29, 1.82) is 0 Å². The maximum atomic E-state index is 13.0. The van der Waals surface area contributed by atoms with Crippen LogP contribution in [0.1, 0.15) is 17.4 Å². The topological polar surface area (TPSA) is 54.0 Å². The van der Waals surface area contributed by atoms with Crippen LogP contribution in [-0.2, 0) is 0 Å². The zero-order valence-electron chi connectivity index (χ0n) is 10.8. The largest absolute Gasteiger partial charge is 0.385 e. The molecule has 0 atom stereocenters. The van der Waals surface area contributed by atoms with Crippen LogP contribution in [0, 0.1) is 5.82 Å². The molecule has 0 aliphatic carbocycles. The van der Waals surface area contributed by atoms with Crippen LogP contribution in [0.25, 0.3) is 0 Å². The summed E-state index contributed by atoms with van der Waals surface area (Å²) in [6.07, 6.45) is 1.55. The lowest BCUT2D eigenvalue weighted by Crippen LogP contribution is -2.14. The van der Waals surface area contributed by atoms with Crippen LogP contribution in [0.3, 0.4) is 0 Å². The third kappa shape index (κ3) is 3.45. The second-order valence-corrected chi connectivity index (χ2v) is 4.45. The number of carbonyl (C=O) groups excluding carboxylic acids is 1. The van der Waals surface area contributed by atoms with Crippen LogP contribution < -0.4 is 10.6 Å². The van der Waals surface area contributed by atoms with Gasteiger partial charge in [0.1, 0.15) is 11.5 Å².